The smallest absolute Gasteiger partial charge is 0.129 e. The Kier molecular flexibility index (Phi) is 4.16. The van der Waals surface area contributed by atoms with Crippen LogP contribution < -0.4 is 10.6 Å². The number of nitrogens with one attached hydrogen (secondary N) is 2. The second kappa shape index (κ2) is 5.62. The van der Waals surface area contributed by atoms with Crippen LogP contribution in [-0.4, -0.2) is 24.1 Å². The van der Waals surface area contributed by atoms with Crippen LogP contribution in [0.25, 0.3) is 0 Å². The van der Waals surface area contributed by atoms with Crippen molar-refractivity contribution < 1.29 is 0 Å². The molecule has 1 aliphatic heterocycles. The van der Waals surface area contributed by atoms with Gasteiger partial charge in [0.25, 0.3) is 0 Å². The molecule has 0 aliphatic carbocycles. The van der Waals surface area contributed by atoms with Crippen LogP contribution in [0.5, 0.6) is 0 Å². The van der Waals surface area contributed by atoms with E-state index in [0.717, 1.165) is 25.6 Å². The number of nitrogens with zero attached hydrogens (tertiary/aromatic N) is 1. The van der Waals surface area contributed by atoms with Crippen LogP contribution in [0.2, 0.25) is 5.15 Å². The maximum atomic E-state index is 5.74. The molecular weight excluding hydrogens is 222 g/mol. The van der Waals surface area contributed by atoms with Gasteiger partial charge in [0.1, 0.15) is 5.15 Å². The lowest BCUT2D eigenvalue weighted by Gasteiger charge is -2.18. The molecule has 1 fully saturated rings. The Hall–Kier alpha value is -0.640. The molecule has 2 atom stereocenters. The molecule has 3 nitrogen and oxygen atoms in total. The summed E-state index contributed by atoms with van der Waals surface area (Å²) in [4.78, 5) is 4.07. The third-order valence-corrected chi connectivity index (χ3v) is 3.44. The Bertz CT molecular complexity index is 326. The highest BCUT2D eigenvalue weighted by atomic mass is 35.5. The van der Waals surface area contributed by atoms with Gasteiger partial charge in [0.2, 0.25) is 0 Å². The summed E-state index contributed by atoms with van der Waals surface area (Å²) in [5.74, 6) is 0.750. The lowest BCUT2D eigenvalue weighted by atomic mass is 10.0. The van der Waals surface area contributed by atoms with Gasteiger partial charge in [0.05, 0.1) is 0 Å². The second-order valence-corrected chi connectivity index (χ2v) is 4.69. The van der Waals surface area contributed by atoms with Crippen LogP contribution in [0, 0.1) is 5.92 Å². The first kappa shape index (κ1) is 11.8. The largest absolute Gasteiger partial charge is 0.315 e. The molecule has 2 rings (SSSR count). The van der Waals surface area contributed by atoms with E-state index in [2.05, 4.69) is 22.5 Å². The third-order valence-electron chi connectivity index (χ3n) is 3.22. The van der Waals surface area contributed by atoms with E-state index >= 15 is 0 Å². The number of aromatic nitrogens is 1. The van der Waals surface area contributed by atoms with Crippen molar-refractivity contribution in [1.82, 2.24) is 15.6 Å². The molecule has 2 heterocycles. The molecule has 4 heteroatoms. The fraction of sp³-hybridized carbons (Fsp3) is 0.583. The van der Waals surface area contributed by atoms with Crippen LogP contribution in [0.15, 0.2) is 18.3 Å². The van der Waals surface area contributed by atoms with Gasteiger partial charge in [-0.15, -0.1) is 0 Å². The molecule has 1 aromatic heterocycles. The maximum absolute atomic E-state index is 5.74. The lowest BCUT2D eigenvalue weighted by Crippen LogP contribution is -2.35. The highest BCUT2D eigenvalue weighted by Crippen LogP contribution is 2.13. The second-order valence-electron chi connectivity index (χ2n) is 4.30. The van der Waals surface area contributed by atoms with Crippen LogP contribution in [-0.2, 0) is 6.54 Å². The van der Waals surface area contributed by atoms with Crippen LogP contribution >= 0.6 is 11.6 Å². The summed E-state index contributed by atoms with van der Waals surface area (Å²) in [5.41, 5.74) is 1.19. The minimum atomic E-state index is 0.553. The molecule has 0 aromatic carbocycles. The number of rotatable bonds is 4. The van der Waals surface area contributed by atoms with Crippen LogP contribution in [0.1, 0.15) is 18.9 Å². The fourth-order valence-electron chi connectivity index (χ4n) is 2.16. The average molecular weight is 240 g/mol. The molecule has 0 spiro atoms. The van der Waals surface area contributed by atoms with Crippen molar-refractivity contribution in [3.8, 4) is 0 Å². The summed E-state index contributed by atoms with van der Waals surface area (Å²) in [6.07, 6.45) is 3.06. The Labute approximate surface area is 102 Å². The first-order valence-electron chi connectivity index (χ1n) is 5.84. The Morgan fingerprint density at radius 3 is 3.06 bits per heavy atom. The average Bonchev–Trinajstić information content (AvgIpc) is 2.76. The molecule has 0 radical (unpaired) electrons. The monoisotopic (exact) mass is 239 g/mol. The van der Waals surface area contributed by atoms with E-state index in [9.17, 15) is 0 Å². The minimum Gasteiger partial charge on any atom is -0.315 e. The maximum Gasteiger partial charge on any atom is 0.129 e. The highest BCUT2D eigenvalue weighted by molar-refractivity contribution is 6.29. The van der Waals surface area contributed by atoms with Crippen molar-refractivity contribution in [2.24, 2.45) is 5.92 Å². The van der Waals surface area contributed by atoms with Gasteiger partial charge in [-0.25, -0.2) is 4.98 Å². The molecular formula is C12H18ClN3. The molecule has 16 heavy (non-hydrogen) atoms. The normalized spacial score (nSPS) is 24.9. The number of hydrogen-bond donors (Lipinski definition) is 2. The molecule has 0 amide bonds. The predicted molar refractivity (Wildman–Crippen MR) is 66.5 cm³/mol. The van der Waals surface area contributed by atoms with Crippen molar-refractivity contribution in [3.05, 3.63) is 29.0 Å². The highest BCUT2D eigenvalue weighted by Gasteiger charge is 2.24. The first-order chi connectivity index (χ1) is 7.79. The quantitative estimate of drug-likeness (QED) is 0.788. The van der Waals surface area contributed by atoms with Gasteiger partial charge in [0.15, 0.2) is 0 Å². The first-order valence-corrected chi connectivity index (χ1v) is 6.22. The van der Waals surface area contributed by atoms with Gasteiger partial charge < -0.3 is 10.6 Å². The summed E-state index contributed by atoms with van der Waals surface area (Å²) in [7, 11) is 0. The zero-order valence-electron chi connectivity index (χ0n) is 9.54. The topological polar surface area (TPSA) is 37.0 Å². The zero-order chi connectivity index (χ0) is 11.4. The Morgan fingerprint density at radius 1 is 1.50 bits per heavy atom. The van der Waals surface area contributed by atoms with E-state index in [1.807, 2.05) is 18.3 Å². The zero-order valence-corrected chi connectivity index (χ0v) is 10.3. The predicted octanol–water partition coefficient (Wildman–Crippen LogP) is 1.82. The molecule has 0 unspecified atom stereocenters. The molecule has 0 bridgehead atoms. The van der Waals surface area contributed by atoms with Gasteiger partial charge in [-0.05, 0) is 24.1 Å². The van der Waals surface area contributed by atoms with Crippen molar-refractivity contribution in [2.75, 3.05) is 13.1 Å². The summed E-state index contributed by atoms with van der Waals surface area (Å²) >= 11 is 5.74. The van der Waals surface area contributed by atoms with Gasteiger partial charge >= 0.3 is 0 Å². The van der Waals surface area contributed by atoms with Crippen LogP contribution in [0.4, 0.5) is 0 Å². The van der Waals surface area contributed by atoms with Crippen molar-refractivity contribution in [2.45, 2.75) is 25.9 Å². The van der Waals surface area contributed by atoms with Gasteiger partial charge in [-0.1, -0.05) is 31.0 Å². The van der Waals surface area contributed by atoms with E-state index in [0.29, 0.717) is 11.2 Å². The summed E-state index contributed by atoms with van der Waals surface area (Å²) in [5, 5.41) is 7.55. The SMILES string of the molecule is CC[C@@H]1CNC[C@@H]1NCc1ccc(Cl)nc1. The molecule has 1 saturated heterocycles. The Balaban J connectivity index is 1.85. The van der Waals surface area contributed by atoms with E-state index in [4.69, 9.17) is 11.6 Å². The fourth-order valence-corrected chi connectivity index (χ4v) is 2.27. The Morgan fingerprint density at radius 2 is 2.38 bits per heavy atom. The van der Waals surface area contributed by atoms with Crippen molar-refractivity contribution in [1.29, 1.82) is 0 Å². The van der Waals surface area contributed by atoms with Crippen molar-refractivity contribution >= 4 is 11.6 Å². The lowest BCUT2D eigenvalue weighted by molar-refractivity contribution is 0.415. The van der Waals surface area contributed by atoms with Crippen molar-refractivity contribution in [3.63, 3.8) is 0 Å². The standard InChI is InChI=1S/C12H18ClN3/c1-2-10-7-14-8-11(10)15-5-9-3-4-12(13)16-6-9/h3-4,6,10-11,14-15H,2,5,7-8H2,1H3/t10-,11+/m1/s1. The molecule has 88 valence electrons. The van der Waals surface area contributed by atoms with Gasteiger partial charge in [0, 0.05) is 25.3 Å². The van der Waals surface area contributed by atoms with E-state index < -0.39 is 0 Å². The summed E-state index contributed by atoms with van der Waals surface area (Å²) in [6.45, 7) is 5.32. The number of halogens is 1. The minimum absolute atomic E-state index is 0.553. The summed E-state index contributed by atoms with van der Waals surface area (Å²) < 4.78 is 0. The third kappa shape index (κ3) is 2.94. The van der Waals surface area contributed by atoms with Gasteiger partial charge in [-0.2, -0.15) is 0 Å². The molecule has 2 N–H and O–H groups in total. The van der Waals surface area contributed by atoms with E-state index in [-0.39, 0.29) is 0 Å². The van der Waals surface area contributed by atoms with Gasteiger partial charge in [-0.3, -0.25) is 0 Å². The van der Waals surface area contributed by atoms with Crippen LogP contribution in [0.3, 0.4) is 0 Å². The number of pyridine rings is 1. The van der Waals surface area contributed by atoms with E-state index in [1.54, 1.807) is 0 Å². The molecule has 1 aliphatic rings. The number of hydrogen-bond acceptors (Lipinski definition) is 3. The summed E-state index contributed by atoms with van der Waals surface area (Å²) in [6, 6.07) is 4.44. The van der Waals surface area contributed by atoms with E-state index in [1.165, 1.54) is 12.0 Å². The molecule has 0 saturated carbocycles. The molecule has 1 aromatic rings.